The molecule has 0 saturated carbocycles. The molecular weight excluding hydrogens is 290 g/mol. The van der Waals surface area contributed by atoms with Gasteiger partial charge in [-0.2, -0.15) is 4.40 Å². The summed E-state index contributed by atoms with van der Waals surface area (Å²) in [6, 6.07) is 13.5. The minimum absolute atomic E-state index is 0.0433. The maximum atomic E-state index is 12.8. The van der Waals surface area contributed by atoms with Gasteiger partial charge in [-0.25, -0.2) is 9.36 Å². The molecule has 0 atom stereocenters. The number of fused-ring (bicyclic) bond motifs is 1. The third-order valence-electron chi connectivity index (χ3n) is 3.78. The van der Waals surface area contributed by atoms with Gasteiger partial charge in [-0.3, -0.25) is 0 Å². The molecule has 2 heterocycles. The average Bonchev–Trinajstić information content (AvgIpc) is 2.57. The molecule has 116 valence electrons. The number of hydrogen-bond donors (Lipinski definition) is 1. The first-order valence-electron chi connectivity index (χ1n) is 7.47. The van der Waals surface area contributed by atoms with Gasteiger partial charge in [0.2, 0.25) is 0 Å². The zero-order chi connectivity index (χ0) is 16.2. The summed E-state index contributed by atoms with van der Waals surface area (Å²) in [4.78, 5) is 12.8. The molecule has 5 nitrogen and oxygen atoms in total. The summed E-state index contributed by atoms with van der Waals surface area (Å²) in [5.74, 6) is 0. The Labute approximate surface area is 133 Å². The van der Waals surface area contributed by atoms with Crippen LogP contribution >= 0.6 is 0 Å². The quantitative estimate of drug-likeness (QED) is 0.348. The van der Waals surface area contributed by atoms with Gasteiger partial charge in [-0.05, 0) is 18.6 Å². The van der Waals surface area contributed by atoms with Gasteiger partial charge in [0.15, 0.2) is 0 Å². The molecule has 0 spiro atoms. The number of rotatable bonds is 4. The van der Waals surface area contributed by atoms with Gasteiger partial charge in [0.05, 0.1) is 12.7 Å². The fourth-order valence-corrected chi connectivity index (χ4v) is 2.69. The van der Waals surface area contributed by atoms with E-state index in [1.165, 1.54) is 6.21 Å². The second kappa shape index (κ2) is 6.44. The molecule has 0 amide bonds. The molecule has 1 N–H and O–H groups in total. The Kier molecular flexibility index (Phi) is 4.19. The van der Waals surface area contributed by atoms with Crippen molar-refractivity contribution in [1.29, 1.82) is 0 Å². The van der Waals surface area contributed by atoms with Crippen molar-refractivity contribution in [3.05, 3.63) is 70.8 Å². The molecule has 3 aromatic rings. The predicted molar refractivity (Wildman–Crippen MR) is 88.9 cm³/mol. The highest BCUT2D eigenvalue weighted by atomic mass is 16.4. The van der Waals surface area contributed by atoms with Crippen molar-refractivity contribution < 1.29 is 9.77 Å². The normalized spacial score (nSPS) is 11.3. The third kappa shape index (κ3) is 2.99. The van der Waals surface area contributed by atoms with Crippen LogP contribution in [-0.4, -0.2) is 15.8 Å². The molecule has 0 bridgehead atoms. The molecule has 23 heavy (non-hydrogen) atoms. The molecule has 5 heteroatoms. The zero-order valence-corrected chi connectivity index (χ0v) is 12.9. The summed E-state index contributed by atoms with van der Waals surface area (Å²) in [5.41, 5.74) is 3.42. The highest BCUT2D eigenvalue weighted by molar-refractivity contribution is 5.62. The molecule has 0 saturated heterocycles. The third-order valence-corrected chi connectivity index (χ3v) is 3.78. The van der Waals surface area contributed by atoms with Crippen molar-refractivity contribution in [1.82, 2.24) is 4.40 Å². The summed E-state index contributed by atoms with van der Waals surface area (Å²) in [7, 11) is 0. The van der Waals surface area contributed by atoms with Crippen LogP contribution in [0.1, 0.15) is 12.0 Å². The maximum absolute atomic E-state index is 12.8. The number of pyridine rings is 1. The van der Waals surface area contributed by atoms with E-state index in [4.69, 9.17) is 5.21 Å². The second-order valence-electron chi connectivity index (χ2n) is 5.43. The van der Waals surface area contributed by atoms with E-state index in [2.05, 4.69) is 5.16 Å². The average molecular weight is 308 g/mol. The number of aromatic nitrogens is 2. The van der Waals surface area contributed by atoms with E-state index >= 15 is 0 Å². The molecule has 0 aliphatic heterocycles. The highest BCUT2D eigenvalue weighted by Crippen LogP contribution is 2.16. The summed E-state index contributed by atoms with van der Waals surface area (Å²) in [5, 5.41) is 11.6. The molecule has 2 aromatic heterocycles. The first kappa shape index (κ1) is 15.0. The minimum atomic E-state index is -0.0433. The molecule has 0 fully saturated rings. The molecule has 0 radical (unpaired) electrons. The van der Waals surface area contributed by atoms with Crippen LogP contribution in [0.5, 0.6) is 0 Å². The van der Waals surface area contributed by atoms with Crippen LogP contribution in [0, 0.1) is 6.92 Å². The van der Waals surface area contributed by atoms with Gasteiger partial charge >= 0.3 is 5.56 Å². The van der Waals surface area contributed by atoms with E-state index in [1.54, 1.807) is 10.6 Å². The summed E-state index contributed by atoms with van der Waals surface area (Å²) < 4.78 is 3.65. The largest absolute Gasteiger partial charge is 0.411 e. The van der Waals surface area contributed by atoms with Crippen molar-refractivity contribution in [3.63, 3.8) is 0 Å². The van der Waals surface area contributed by atoms with E-state index in [0.717, 1.165) is 16.8 Å². The number of nitrogens with zero attached hydrogens (tertiary/aromatic N) is 3. The molecule has 0 aliphatic carbocycles. The Balaban J connectivity index is 2.22. The molecule has 0 unspecified atom stereocenters. The first-order valence-corrected chi connectivity index (χ1v) is 7.47. The lowest BCUT2D eigenvalue weighted by Crippen LogP contribution is -2.40. The standard InChI is InChI=1S/C18H17N3O2/c1-14-6-4-7-15(12-14)16-13-20(10-5-9-19-23)17-8-2-3-11-21(17)18(16)22/h2-4,6-9,11-13H,5,10H2,1H3/p+1. The fraction of sp³-hybridized carbons (Fsp3) is 0.167. The van der Waals surface area contributed by atoms with Crippen LogP contribution in [0.2, 0.25) is 0 Å². The predicted octanol–water partition coefficient (Wildman–Crippen LogP) is 2.41. The van der Waals surface area contributed by atoms with Crippen LogP contribution < -0.4 is 10.1 Å². The lowest BCUT2D eigenvalue weighted by atomic mass is 10.1. The number of hydrogen-bond acceptors (Lipinski definition) is 3. The van der Waals surface area contributed by atoms with Crippen LogP contribution in [0.3, 0.4) is 0 Å². The van der Waals surface area contributed by atoms with Crippen molar-refractivity contribution in [2.75, 3.05) is 0 Å². The van der Waals surface area contributed by atoms with Crippen molar-refractivity contribution >= 4 is 11.9 Å². The van der Waals surface area contributed by atoms with Crippen LogP contribution in [0.25, 0.3) is 16.8 Å². The fourth-order valence-electron chi connectivity index (χ4n) is 2.69. The molecule has 1 aromatic carbocycles. The van der Waals surface area contributed by atoms with Crippen molar-refractivity contribution in [2.45, 2.75) is 19.9 Å². The van der Waals surface area contributed by atoms with E-state index in [-0.39, 0.29) is 5.56 Å². The molecule has 0 aliphatic rings. The molecular formula is C18H18N3O2+. The molecule has 3 rings (SSSR count). The zero-order valence-electron chi connectivity index (χ0n) is 12.9. The Hall–Kier alpha value is -2.95. The van der Waals surface area contributed by atoms with Crippen molar-refractivity contribution in [2.24, 2.45) is 5.16 Å². The number of oxime groups is 1. The summed E-state index contributed by atoms with van der Waals surface area (Å²) in [6.45, 7) is 2.63. The minimum Gasteiger partial charge on any atom is -0.411 e. The van der Waals surface area contributed by atoms with E-state index in [0.29, 0.717) is 18.5 Å². The number of benzene rings is 1. The van der Waals surface area contributed by atoms with Gasteiger partial charge < -0.3 is 5.21 Å². The monoisotopic (exact) mass is 308 g/mol. The lowest BCUT2D eigenvalue weighted by molar-refractivity contribution is -0.672. The van der Waals surface area contributed by atoms with Gasteiger partial charge in [-0.15, -0.1) is 5.16 Å². The van der Waals surface area contributed by atoms with E-state index in [1.807, 2.05) is 60.2 Å². The Morgan fingerprint density at radius 2 is 2.13 bits per heavy atom. The van der Waals surface area contributed by atoms with Gasteiger partial charge in [0, 0.05) is 18.7 Å². The van der Waals surface area contributed by atoms with Crippen LogP contribution in [0.4, 0.5) is 0 Å². The van der Waals surface area contributed by atoms with Crippen LogP contribution in [0.15, 0.2) is 64.8 Å². The highest BCUT2D eigenvalue weighted by Gasteiger charge is 2.16. The Morgan fingerprint density at radius 3 is 2.91 bits per heavy atom. The topological polar surface area (TPSA) is 57.9 Å². The van der Waals surface area contributed by atoms with Gasteiger partial charge in [0.1, 0.15) is 11.8 Å². The first-order chi connectivity index (χ1) is 11.2. The van der Waals surface area contributed by atoms with Crippen molar-refractivity contribution in [3.8, 4) is 11.1 Å². The van der Waals surface area contributed by atoms with Crippen LogP contribution in [-0.2, 0) is 6.54 Å². The van der Waals surface area contributed by atoms with Gasteiger partial charge in [-0.1, -0.05) is 35.9 Å². The van der Waals surface area contributed by atoms with Gasteiger partial charge in [0.25, 0.3) is 5.65 Å². The Bertz CT molecular complexity index is 929. The lowest BCUT2D eigenvalue weighted by Gasteiger charge is -2.06. The van der Waals surface area contributed by atoms with E-state index in [9.17, 15) is 4.79 Å². The van der Waals surface area contributed by atoms with E-state index < -0.39 is 0 Å². The summed E-state index contributed by atoms with van der Waals surface area (Å²) >= 11 is 0. The summed E-state index contributed by atoms with van der Waals surface area (Å²) in [6.07, 6.45) is 5.67. The second-order valence-corrected chi connectivity index (χ2v) is 5.43. The Morgan fingerprint density at radius 1 is 1.26 bits per heavy atom. The maximum Gasteiger partial charge on any atom is 0.350 e. The number of aryl methyl sites for hydroxylation is 2. The SMILES string of the molecule is Cc1cccc(-c2c[n+](CCC=NO)c3ccccn3c2=O)c1. The smallest absolute Gasteiger partial charge is 0.350 e.